The molecule has 0 N–H and O–H groups in total. The van der Waals surface area contributed by atoms with Crippen molar-refractivity contribution in [2.45, 2.75) is 11.9 Å². The van der Waals surface area contributed by atoms with Crippen molar-refractivity contribution >= 4 is 15.9 Å². The van der Waals surface area contributed by atoms with Gasteiger partial charge in [0.05, 0.1) is 14.2 Å². The van der Waals surface area contributed by atoms with E-state index in [1.165, 1.54) is 12.7 Å². The average Bonchev–Trinajstić information content (AvgIpc) is 2.26. The highest BCUT2D eigenvalue weighted by atomic mass is 79.9. The molecule has 0 aliphatic rings. The summed E-state index contributed by atoms with van der Waals surface area (Å²) >= 11 is 3.39. The molecular weight excluding hydrogens is 248 g/mol. The Morgan fingerprint density at radius 3 is 2.64 bits per heavy atom. The molecule has 0 radical (unpaired) electrons. The van der Waals surface area contributed by atoms with Crippen LogP contribution in [0.5, 0.6) is 5.75 Å². The standard InChI is InChI=1S/C10H13BrO3/c1-12-10-5-8(6-11)3-4-9(10)7-14-13-2/h3-5H,6-7H2,1-2H3. The molecule has 14 heavy (non-hydrogen) atoms. The fourth-order valence-electron chi connectivity index (χ4n) is 1.11. The third-order valence-corrected chi connectivity index (χ3v) is 2.49. The van der Waals surface area contributed by atoms with Crippen LogP contribution in [0.3, 0.4) is 0 Å². The Balaban J connectivity index is 2.82. The van der Waals surface area contributed by atoms with Gasteiger partial charge in [-0.25, -0.2) is 9.78 Å². The molecule has 0 bridgehead atoms. The summed E-state index contributed by atoms with van der Waals surface area (Å²) in [4.78, 5) is 9.38. The molecule has 0 aliphatic carbocycles. The first kappa shape index (κ1) is 11.5. The number of hydrogen-bond donors (Lipinski definition) is 0. The highest BCUT2D eigenvalue weighted by Gasteiger charge is 2.04. The Kier molecular flexibility index (Phi) is 4.93. The highest BCUT2D eigenvalue weighted by molar-refractivity contribution is 9.08. The van der Waals surface area contributed by atoms with Crippen molar-refractivity contribution in [1.29, 1.82) is 0 Å². The summed E-state index contributed by atoms with van der Waals surface area (Å²) in [6.45, 7) is 0.391. The van der Waals surface area contributed by atoms with Crippen LogP contribution in [0.15, 0.2) is 18.2 Å². The maximum absolute atomic E-state index is 5.23. The molecule has 0 unspecified atom stereocenters. The molecule has 0 atom stereocenters. The monoisotopic (exact) mass is 260 g/mol. The Morgan fingerprint density at radius 2 is 2.07 bits per heavy atom. The first-order chi connectivity index (χ1) is 6.81. The number of ether oxygens (including phenoxy) is 1. The maximum Gasteiger partial charge on any atom is 0.124 e. The zero-order chi connectivity index (χ0) is 10.4. The SMILES string of the molecule is COOCc1ccc(CBr)cc1OC. The van der Waals surface area contributed by atoms with Crippen LogP contribution in [-0.4, -0.2) is 14.2 Å². The van der Waals surface area contributed by atoms with Crippen LogP contribution in [-0.2, 0) is 21.7 Å². The van der Waals surface area contributed by atoms with Gasteiger partial charge in [0, 0.05) is 10.9 Å². The van der Waals surface area contributed by atoms with Gasteiger partial charge in [-0.15, -0.1) is 0 Å². The maximum atomic E-state index is 5.23. The van der Waals surface area contributed by atoms with Gasteiger partial charge in [0.25, 0.3) is 0 Å². The Bertz CT molecular complexity index is 289. The van der Waals surface area contributed by atoms with Gasteiger partial charge in [0.15, 0.2) is 0 Å². The highest BCUT2D eigenvalue weighted by Crippen LogP contribution is 2.22. The van der Waals surface area contributed by atoms with Crippen molar-refractivity contribution in [1.82, 2.24) is 0 Å². The minimum absolute atomic E-state index is 0.391. The van der Waals surface area contributed by atoms with E-state index in [0.29, 0.717) is 6.61 Å². The van der Waals surface area contributed by atoms with Crippen molar-refractivity contribution in [3.63, 3.8) is 0 Å². The number of halogens is 1. The summed E-state index contributed by atoms with van der Waals surface area (Å²) in [5.41, 5.74) is 2.14. The summed E-state index contributed by atoms with van der Waals surface area (Å²) in [6.07, 6.45) is 0. The summed E-state index contributed by atoms with van der Waals surface area (Å²) < 4.78 is 5.23. The second-order valence-corrected chi connectivity index (χ2v) is 3.27. The third kappa shape index (κ3) is 2.97. The number of hydrogen-bond acceptors (Lipinski definition) is 3. The van der Waals surface area contributed by atoms with E-state index in [1.54, 1.807) is 7.11 Å². The predicted octanol–water partition coefficient (Wildman–Crippen LogP) is 2.67. The summed E-state index contributed by atoms with van der Waals surface area (Å²) in [7, 11) is 3.13. The molecule has 0 saturated heterocycles. The van der Waals surface area contributed by atoms with Gasteiger partial charge in [-0.05, 0) is 11.6 Å². The molecule has 0 amide bonds. The molecule has 0 fully saturated rings. The van der Waals surface area contributed by atoms with E-state index in [1.807, 2.05) is 18.2 Å². The van der Waals surface area contributed by atoms with E-state index in [4.69, 9.17) is 9.62 Å². The van der Waals surface area contributed by atoms with Crippen LogP contribution >= 0.6 is 15.9 Å². The fourth-order valence-corrected chi connectivity index (χ4v) is 1.46. The zero-order valence-electron chi connectivity index (χ0n) is 8.25. The molecule has 78 valence electrons. The van der Waals surface area contributed by atoms with Gasteiger partial charge in [0.2, 0.25) is 0 Å². The lowest BCUT2D eigenvalue weighted by atomic mass is 10.1. The number of alkyl halides is 1. The van der Waals surface area contributed by atoms with Crippen molar-refractivity contribution in [3.05, 3.63) is 29.3 Å². The van der Waals surface area contributed by atoms with Crippen molar-refractivity contribution in [3.8, 4) is 5.75 Å². The largest absolute Gasteiger partial charge is 0.496 e. The summed E-state index contributed by atoms with van der Waals surface area (Å²) in [6, 6.07) is 5.96. The van der Waals surface area contributed by atoms with E-state index < -0.39 is 0 Å². The van der Waals surface area contributed by atoms with Gasteiger partial charge < -0.3 is 4.74 Å². The van der Waals surface area contributed by atoms with E-state index in [0.717, 1.165) is 16.6 Å². The molecule has 0 aromatic heterocycles. The van der Waals surface area contributed by atoms with E-state index in [2.05, 4.69) is 20.8 Å². The van der Waals surface area contributed by atoms with Crippen molar-refractivity contribution in [2.24, 2.45) is 0 Å². The molecular formula is C10H13BrO3. The van der Waals surface area contributed by atoms with E-state index in [-0.39, 0.29) is 0 Å². The topological polar surface area (TPSA) is 27.7 Å². The molecule has 1 rings (SSSR count). The van der Waals surface area contributed by atoms with Crippen molar-refractivity contribution < 1.29 is 14.5 Å². The van der Waals surface area contributed by atoms with Gasteiger partial charge >= 0.3 is 0 Å². The van der Waals surface area contributed by atoms with E-state index in [9.17, 15) is 0 Å². The average molecular weight is 261 g/mol. The van der Waals surface area contributed by atoms with Crippen LogP contribution in [0.2, 0.25) is 0 Å². The Labute approximate surface area is 92.0 Å². The molecule has 0 heterocycles. The van der Waals surface area contributed by atoms with Crippen molar-refractivity contribution in [2.75, 3.05) is 14.2 Å². The van der Waals surface area contributed by atoms with Crippen LogP contribution < -0.4 is 4.74 Å². The Morgan fingerprint density at radius 1 is 1.29 bits per heavy atom. The lowest BCUT2D eigenvalue weighted by Gasteiger charge is -2.08. The van der Waals surface area contributed by atoms with Gasteiger partial charge in [-0.1, -0.05) is 28.1 Å². The van der Waals surface area contributed by atoms with Gasteiger partial charge in [-0.2, -0.15) is 0 Å². The van der Waals surface area contributed by atoms with Crippen LogP contribution in [0.25, 0.3) is 0 Å². The zero-order valence-corrected chi connectivity index (χ0v) is 9.83. The minimum atomic E-state index is 0.391. The predicted molar refractivity (Wildman–Crippen MR) is 57.4 cm³/mol. The Hall–Kier alpha value is -0.580. The van der Waals surface area contributed by atoms with Crippen LogP contribution in [0.1, 0.15) is 11.1 Å². The number of rotatable bonds is 5. The second-order valence-electron chi connectivity index (χ2n) is 2.71. The molecule has 0 aliphatic heterocycles. The smallest absolute Gasteiger partial charge is 0.124 e. The van der Waals surface area contributed by atoms with Gasteiger partial charge in [-0.3, -0.25) is 0 Å². The quantitative estimate of drug-likeness (QED) is 0.463. The van der Waals surface area contributed by atoms with E-state index >= 15 is 0 Å². The molecule has 0 spiro atoms. The molecule has 0 saturated carbocycles. The normalized spacial score (nSPS) is 10.2. The summed E-state index contributed by atoms with van der Waals surface area (Å²) in [5, 5.41) is 0.814. The molecule has 1 aromatic carbocycles. The second kappa shape index (κ2) is 6.01. The number of methoxy groups -OCH3 is 1. The summed E-state index contributed by atoms with van der Waals surface area (Å²) in [5.74, 6) is 0.819. The fraction of sp³-hybridized carbons (Fsp3) is 0.400. The third-order valence-electron chi connectivity index (χ3n) is 1.84. The minimum Gasteiger partial charge on any atom is -0.496 e. The molecule has 1 aromatic rings. The molecule has 3 nitrogen and oxygen atoms in total. The first-order valence-corrected chi connectivity index (χ1v) is 5.31. The first-order valence-electron chi connectivity index (χ1n) is 4.19. The van der Waals surface area contributed by atoms with Gasteiger partial charge in [0.1, 0.15) is 12.4 Å². The lowest BCUT2D eigenvalue weighted by Crippen LogP contribution is -1.96. The number of benzene rings is 1. The molecule has 4 heteroatoms. The van der Waals surface area contributed by atoms with Crippen LogP contribution in [0.4, 0.5) is 0 Å². The van der Waals surface area contributed by atoms with Crippen LogP contribution in [0, 0.1) is 0 Å². The lowest BCUT2D eigenvalue weighted by molar-refractivity contribution is -0.282.